The highest BCUT2D eigenvalue weighted by Crippen LogP contribution is 2.24. The molecule has 0 radical (unpaired) electrons. The van der Waals surface area contributed by atoms with Crippen molar-refractivity contribution in [2.75, 3.05) is 33.2 Å². The van der Waals surface area contributed by atoms with Crippen LogP contribution in [-0.4, -0.2) is 55.0 Å². The standard InChI is InChI=1S/C22H28N2O2.ClH/c1-17-8-7-9-18(2)21(17)26-22(25)20(16-19-10-5-4-6-11-19)24-14-12-23(3)13-15-24;/h4-11,20H,12-16H2,1-3H3;1H. The van der Waals surface area contributed by atoms with Gasteiger partial charge in [-0.2, -0.15) is 0 Å². The second-order valence-corrected chi connectivity index (χ2v) is 7.19. The van der Waals surface area contributed by atoms with Crippen LogP contribution in [0.3, 0.4) is 0 Å². The fourth-order valence-corrected chi connectivity index (χ4v) is 3.46. The van der Waals surface area contributed by atoms with Crippen molar-refractivity contribution in [1.29, 1.82) is 0 Å². The number of halogens is 1. The van der Waals surface area contributed by atoms with Crippen LogP contribution in [0.1, 0.15) is 16.7 Å². The first-order valence-corrected chi connectivity index (χ1v) is 9.29. The first-order valence-electron chi connectivity index (χ1n) is 9.29. The van der Waals surface area contributed by atoms with Crippen LogP contribution < -0.4 is 4.74 Å². The van der Waals surface area contributed by atoms with E-state index in [1.165, 1.54) is 0 Å². The van der Waals surface area contributed by atoms with Crippen molar-refractivity contribution >= 4 is 18.4 Å². The lowest BCUT2D eigenvalue weighted by molar-refractivity contribution is -0.141. The summed E-state index contributed by atoms with van der Waals surface area (Å²) in [6, 6.07) is 15.9. The molecule has 0 amide bonds. The molecule has 3 rings (SSSR count). The van der Waals surface area contributed by atoms with E-state index in [0.717, 1.165) is 42.9 Å². The molecule has 0 aromatic heterocycles. The van der Waals surface area contributed by atoms with Crippen molar-refractivity contribution in [1.82, 2.24) is 9.80 Å². The number of likely N-dealkylation sites (N-methyl/N-ethyl adjacent to an activating group) is 1. The Balaban J connectivity index is 0.00000261. The van der Waals surface area contributed by atoms with E-state index >= 15 is 0 Å². The lowest BCUT2D eigenvalue weighted by Crippen LogP contribution is -2.53. The Hall–Kier alpha value is -1.88. The van der Waals surface area contributed by atoms with Gasteiger partial charge in [0.2, 0.25) is 0 Å². The number of para-hydroxylation sites is 1. The zero-order valence-corrected chi connectivity index (χ0v) is 17.2. The number of rotatable bonds is 5. The first-order chi connectivity index (χ1) is 12.5. The number of carbonyl (C=O) groups is 1. The van der Waals surface area contributed by atoms with E-state index in [9.17, 15) is 4.79 Å². The summed E-state index contributed by atoms with van der Waals surface area (Å²) in [6.45, 7) is 7.69. The fourth-order valence-electron chi connectivity index (χ4n) is 3.46. The summed E-state index contributed by atoms with van der Waals surface area (Å²) < 4.78 is 5.90. The van der Waals surface area contributed by atoms with Crippen LogP contribution in [0.25, 0.3) is 0 Å². The number of aryl methyl sites for hydroxylation is 2. The topological polar surface area (TPSA) is 32.8 Å². The summed E-state index contributed by atoms with van der Waals surface area (Å²) >= 11 is 0. The molecule has 1 aliphatic heterocycles. The van der Waals surface area contributed by atoms with Gasteiger partial charge in [0.05, 0.1) is 0 Å². The Bertz CT molecular complexity index is 723. The minimum Gasteiger partial charge on any atom is -0.425 e. The molecule has 0 aliphatic carbocycles. The molecule has 0 saturated carbocycles. The molecule has 0 N–H and O–H groups in total. The molecule has 27 heavy (non-hydrogen) atoms. The third kappa shape index (κ3) is 5.55. The Morgan fingerprint density at radius 1 is 0.963 bits per heavy atom. The molecule has 2 aromatic carbocycles. The van der Waals surface area contributed by atoms with Gasteiger partial charge in [-0.1, -0.05) is 48.5 Å². The average Bonchev–Trinajstić information content (AvgIpc) is 2.64. The SMILES string of the molecule is Cc1cccc(C)c1OC(=O)C(Cc1ccccc1)N1CCN(C)CC1.Cl. The maximum absolute atomic E-state index is 13.1. The molecule has 4 nitrogen and oxygen atoms in total. The third-order valence-corrected chi connectivity index (χ3v) is 5.13. The molecule has 1 aliphatic rings. The molecule has 1 atom stereocenters. The van der Waals surface area contributed by atoms with Crippen LogP contribution in [0.2, 0.25) is 0 Å². The molecule has 0 spiro atoms. The number of ether oxygens (including phenoxy) is 1. The van der Waals surface area contributed by atoms with Gasteiger partial charge in [0.1, 0.15) is 11.8 Å². The largest absolute Gasteiger partial charge is 0.425 e. The van der Waals surface area contributed by atoms with Crippen LogP contribution in [-0.2, 0) is 11.2 Å². The van der Waals surface area contributed by atoms with Gasteiger partial charge in [-0.25, -0.2) is 4.79 Å². The summed E-state index contributed by atoms with van der Waals surface area (Å²) in [4.78, 5) is 17.7. The van der Waals surface area contributed by atoms with Crippen LogP contribution in [0.15, 0.2) is 48.5 Å². The van der Waals surface area contributed by atoms with Gasteiger partial charge in [-0.15, -0.1) is 12.4 Å². The number of hydrogen-bond donors (Lipinski definition) is 0. The van der Waals surface area contributed by atoms with E-state index in [0.29, 0.717) is 12.2 Å². The number of carbonyl (C=O) groups excluding carboxylic acids is 1. The second kappa shape index (κ2) is 9.88. The Kier molecular flexibility index (Phi) is 7.84. The number of nitrogens with zero attached hydrogens (tertiary/aromatic N) is 2. The Morgan fingerprint density at radius 2 is 1.56 bits per heavy atom. The van der Waals surface area contributed by atoms with E-state index < -0.39 is 0 Å². The number of benzene rings is 2. The monoisotopic (exact) mass is 388 g/mol. The first kappa shape index (κ1) is 21.4. The smallest absolute Gasteiger partial charge is 0.329 e. The lowest BCUT2D eigenvalue weighted by Gasteiger charge is -2.36. The maximum atomic E-state index is 13.1. The second-order valence-electron chi connectivity index (χ2n) is 7.19. The molecular formula is C22H29ClN2O2. The highest BCUT2D eigenvalue weighted by atomic mass is 35.5. The summed E-state index contributed by atoms with van der Waals surface area (Å²) in [5.74, 6) is 0.542. The van der Waals surface area contributed by atoms with Crippen molar-refractivity contribution in [3.63, 3.8) is 0 Å². The highest BCUT2D eigenvalue weighted by molar-refractivity contribution is 5.85. The zero-order valence-electron chi connectivity index (χ0n) is 16.4. The maximum Gasteiger partial charge on any atom is 0.329 e. The molecule has 1 fully saturated rings. The molecular weight excluding hydrogens is 360 g/mol. The summed E-state index contributed by atoms with van der Waals surface area (Å²) in [6.07, 6.45) is 0.675. The molecule has 2 aromatic rings. The zero-order chi connectivity index (χ0) is 18.5. The predicted octanol–water partition coefficient (Wildman–Crippen LogP) is 3.49. The molecule has 0 bridgehead atoms. The highest BCUT2D eigenvalue weighted by Gasteiger charge is 2.30. The Morgan fingerprint density at radius 3 is 2.15 bits per heavy atom. The minimum atomic E-state index is -0.259. The van der Waals surface area contributed by atoms with Gasteiger partial charge in [0, 0.05) is 26.2 Å². The van der Waals surface area contributed by atoms with Gasteiger partial charge in [0.15, 0.2) is 0 Å². The van der Waals surface area contributed by atoms with Crippen LogP contribution >= 0.6 is 12.4 Å². The lowest BCUT2D eigenvalue weighted by atomic mass is 10.0. The quantitative estimate of drug-likeness (QED) is 0.579. The van der Waals surface area contributed by atoms with Crippen LogP contribution in [0.4, 0.5) is 0 Å². The van der Waals surface area contributed by atoms with Crippen molar-refractivity contribution in [3.05, 3.63) is 65.2 Å². The molecule has 146 valence electrons. The van der Waals surface area contributed by atoms with Crippen molar-refractivity contribution < 1.29 is 9.53 Å². The van der Waals surface area contributed by atoms with E-state index in [-0.39, 0.29) is 24.4 Å². The molecule has 5 heteroatoms. The number of esters is 1. The third-order valence-electron chi connectivity index (χ3n) is 5.13. The predicted molar refractivity (Wildman–Crippen MR) is 112 cm³/mol. The van der Waals surface area contributed by atoms with Gasteiger partial charge >= 0.3 is 5.97 Å². The number of hydrogen-bond acceptors (Lipinski definition) is 4. The van der Waals surface area contributed by atoms with Crippen LogP contribution in [0, 0.1) is 13.8 Å². The summed E-state index contributed by atoms with van der Waals surface area (Å²) in [5.41, 5.74) is 3.15. The Labute approximate surface area is 168 Å². The van der Waals surface area contributed by atoms with E-state index in [4.69, 9.17) is 4.74 Å². The summed E-state index contributed by atoms with van der Waals surface area (Å²) in [7, 11) is 2.12. The van der Waals surface area contributed by atoms with E-state index in [2.05, 4.69) is 29.0 Å². The van der Waals surface area contributed by atoms with E-state index in [1.54, 1.807) is 0 Å². The van der Waals surface area contributed by atoms with Crippen molar-refractivity contribution in [2.45, 2.75) is 26.3 Å². The van der Waals surface area contributed by atoms with Gasteiger partial charge in [-0.3, -0.25) is 4.90 Å². The van der Waals surface area contributed by atoms with E-state index in [1.807, 2.05) is 50.2 Å². The van der Waals surface area contributed by atoms with Gasteiger partial charge in [0.25, 0.3) is 0 Å². The normalized spacial score (nSPS) is 16.4. The molecule has 1 unspecified atom stereocenters. The molecule has 1 saturated heterocycles. The fraction of sp³-hybridized carbons (Fsp3) is 0.409. The van der Waals surface area contributed by atoms with Gasteiger partial charge in [-0.05, 0) is 44.0 Å². The summed E-state index contributed by atoms with van der Waals surface area (Å²) in [5, 5.41) is 0. The van der Waals surface area contributed by atoms with Crippen molar-refractivity contribution in [3.8, 4) is 5.75 Å². The molecule has 1 heterocycles. The number of piperazine rings is 1. The van der Waals surface area contributed by atoms with Crippen LogP contribution in [0.5, 0.6) is 5.75 Å². The average molecular weight is 389 g/mol. The minimum absolute atomic E-state index is 0. The van der Waals surface area contributed by atoms with Gasteiger partial charge < -0.3 is 9.64 Å². The van der Waals surface area contributed by atoms with Crippen molar-refractivity contribution in [2.24, 2.45) is 0 Å².